The van der Waals surface area contributed by atoms with Crippen LogP contribution in [0.25, 0.3) is 10.8 Å². The number of hydrogen-bond donors (Lipinski definition) is 2. The lowest BCUT2D eigenvalue weighted by Gasteiger charge is -2.49. The molecule has 0 radical (unpaired) electrons. The molecule has 2 bridgehead atoms. The normalized spacial score (nSPS) is 30.1. The highest BCUT2D eigenvalue weighted by atomic mass is 35.5. The van der Waals surface area contributed by atoms with Crippen molar-refractivity contribution in [1.29, 1.82) is 0 Å². The van der Waals surface area contributed by atoms with Crippen LogP contribution in [0.3, 0.4) is 0 Å². The highest BCUT2D eigenvalue weighted by Gasteiger charge is 2.52. The molecule has 11 heteroatoms. The number of benzene rings is 2. The third-order valence-corrected chi connectivity index (χ3v) is 12.1. The van der Waals surface area contributed by atoms with E-state index in [-0.39, 0.29) is 42.0 Å². The summed E-state index contributed by atoms with van der Waals surface area (Å²) in [6.45, 7) is 3.00. The number of pyridine rings is 1. The molecule has 242 valence electrons. The topological polar surface area (TPSA) is 84.4 Å². The van der Waals surface area contributed by atoms with Crippen molar-refractivity contribution in [3.05, 3.63) is 46.6 Å². The molecule has 1 amide bonds. The van der Waals surface area contributed by atoms with Crippen LogP contribution < -0.4 is 24.8 Å². The van der Waals surface area contributed by atoms with Crippen LogP contribution >= 0.6 is 11.6 Å². The van der Waals surface area contributed by atoms with Gasteiger partial charge in [-0.1, -0.05) is 23.7 Å². The zero-order chi connectivity index (χ0) is 31.3. The minimum absolute atomic E-state index is 0.0460. The number of alkyl halides is 1. The van der Waals surface area contributed by atoms with Crippen molar-refractivity contribution < 1.29 is 19.0 Å². The number of hydrogen-bond acceptors (Lipinski definition) is 8. The van der Waals surface area contributed by atoms with Crippen LogP contribution in [0.2, 0.25) is 5.02 Å². The summed E-state index contributed by atoms with van der Waals surface area (Å²) in [4.78, 5) is 28.0. The van der Waals surface area contributed by atoms with Crippen LogP contribution in [0.5, 0.6) is 11.6 Å². The predicted molar refractivity (Wildman–Crippen MR) is 177 cm³/mol. The van der Waals surface area contributed by atoms with E-state index in [0.717, 1.165) is 98.1 Å². The first-order chi connectivity index (χ1) is 22.3. The SMILES string of the molecule is CN1C(=O)C2C3CCC(CN2c2c4c(nc(OCC56CCCN5C(CF)CC6)c21)CN(c1cc(O)cc2cccc(Cl)c12)CC4)N3. The number of rotatable bonds is 5. The van der Waals surface area contributed by atoms with Crippen LogP contribution in [-0.4, -0.2) is 90.6 Å². The van der Waals surface area contributed by atoms with Gasteiger partial charge in [-0.25, -0.2) is 9.37 Å². The van der Waals surface area contributed by atoms with E-state index in [4.69, 9.17) is 21.3 Å². The summed E-state index contributed by atoms with van der Waals surface area (Å²) >= 11 is 6.74. The first-order valence-corrected chi connectivity index (χ1v) is 17.2. The molecule has 0 saturated carbocycles. The molecular weight excluding hydrogens is 607 g/mol. The Bertz CT molecular complexity index is 1760. The summed E-state index contributed by atoms with van der Waals surface area (Å²) in [6, 6.07) is 9.46. The standard InChI is InChI=1S/C35H40ClFN6O3/c1-40-32-30(42-17-21-6-7-26(38-21)31(42)34(40)45)24-9-13-41(28-15-23(44)14-20-4-2-5-25(36)29(20)28)18-27(24)39-33(32)46-19-35-10-3-12-43(35)22(16-37)8-11-35/h2,4-5,14-15,21-22,26,31,38,44H,3,6-13,16-19H2,1H3. The molecule has 3 aromatic rings. The number of amides is 1. The van der Waals surface area contributed by atoms with Gasteiger partial charge in [0.2, 0.25) is 5.88 Å². The maximum Gasteiger partial charge on any atom is 0.251 e. The molecule has 5 unspecified atom stereocenters. The van der Waals surface area contributed by atoms with E-state index in [2.05, 4.69) is 20.0 Å². The van der Waals surface area contributed by atoms with E-state index in [1.165, 1.54) is 5.56 Å². The smallest absolute Gasteiger partial charge is 0.251 e. The second-order valence-electron chi connectivity index (χ2n) is 14.2. The van der Waals surface area contributed by atoms with Crippen LogP contribution in [0.1, 0.15) is 49.8 Å². The molecule has 4 fully saturated rings. The number of aromatic nitrogens is 1. The highest BCUT2D eigenvalue weighted by Crippen LogP contribution is 2.50. The zero-order valence-electron chi connectivity index (χ0n) is 26.1. The number of nitrogens with one attached hydrogen (secondary N) is 1. The van der Waals surface area contributed by atoms with E-state index in [1.807, 2.05) is 25.2 Å². The van der Waals surface area contributed by atoms with E-state index in [0.29, 0.717) is 30.1 Å². The Hall–Kier alpha value is -3.34. The van der Waals surface area contributed by atoms with Gasteiger partial charge in [0.05, 0.1) is 34.2 Å². The molecular formula is C35H40ClFN6O3. The van der Waals surface area contributed by atoms with Gasteiger partial charge in [-0.15, -0.1) is 0 Å². The Morgan fingerprint density at radius 1 is 1.17 bits per heavy atom. The molecule has 9 nitrogen and oxygen atoms in total. The largest absolute Gasteiger partial charge is 0.508 e. The number of phenols is 1. The number of fused-ring (bicyclic) bond motifs is 10. The molecule has 4 saturated heterocycles. The maximum atomic E-state index is 14.0. The van der Waals surface area contributed by atoms with Gasteiger partial charge in [0.25, 0.3) is 5.91 Å². The summed E-state index contributed by atoms with van der Waals surface area (Å²) in [5.74, 6) is 0.759. The van der Waals surface area contributed by atoms with E-state index < -0.39 is 0 Å². The lowest BCUT2D eigenvalue weighted by molar-refractivity contribution is -0.120. The second kappa shape index (κ2) is 10.6. The summed E-state index contributed by atoms with van der Waals surface area (Å²) in [5.41, 5.74) is 4.61. The lowest BCUT2D eigenvalue weighted by atomic mass is 9.92. The molecule has 6 aliphatic rings. The molecule has 2 N–H and O–H groups in total. The Labute approximate surface area is 273 Å². The predicted octanol–water partition coefficient (Wildman–Crippen LogP) is 4.79. The fourth-order valence-electron chi connectivity index (χ4n) is 9.67. The Balaban J connectivity index is 1.15. The van der Waals surface area contributed by atoms with Crippen LogP contribution in [0, 0.1) is 0 Å². The first-order valence-electron chi connectivity index (χ1n) is 16.8. The number of nitrogens with zero attached hydrogens (tertiary/aromatic N) is 5. The van der Waals surface area contributed by atoms with Crippen LogP contribution in [0.15, 0.2) is 30.3 Å². The summed E-state index contributed by atoms with van der Waals surface area (Å²) in [5, 5.41) is 16.8. The number of carbonyl (C=O) groups excluding carboxylic acids is 1. The Morgan fingerprint density at radius 2 is 2.07 bits per heavy atom. The van der Waals surface area contributed by atoms with Crippen molar-refractivity contribution in [2.75, 3.05) is 54.7 Å². The number of aromatic hydroxyl groups is 1. The average Bonchev–Trinajstić information content (AvgIpc) is 3.74. The summed E-state index contributed by atoms with van der Waals surface area (Å²) < 4.78 is 20.7. The van der Waals surface area contributed by atoms with Gasteiger partial charge in [-0.05, 0) is 69.0 Å². The van der Waals surface area contributed by atoms with Crippen molar-refractivity contribution in [2.45, 2.75) is 81.2 Å². The number of anilines is 3. The minimum atomic E-state index is -0.332. The average molecular weight is 647 g/mol. The Morgan fingerprint density at radius 3 is 2.93 bits per heavy atom. The van der Waals surface area contributed by atoms with Gasteiger partial charge in [0, 0.05) is 55.3 Å². The van der Waals surface area contributed by atoms with Crippen molar-refractivity contribution in [1.82, 2.24) is 15.2 Å². The number of piperazine rings is 1. The van der Waals surface area contributed by atoms with Gasteiger partial charge in [-0.3, -0.25) is 9.69 Å². The number of ether oxygens (including phenoxy) is 1. The minimum Gasteiger partial charge on any atom is -0.508 e. The van der Waals surface area contributed by atoms with Gasteiger partial charge >= 0.3 is 0 Å². The first kappa shape index (κ1) is 28.8. The summed E-state index contributed by atoms with van der Waals surface area (Å²) in [6.07, 6.45) is 6.55. The van der Waals surface area contributed by atoms with Gasteiger partial charge in [0.1, 0.15) is 30.8 Å². The van der Waals surface area contributed by atoms with Crippen molar-refractivity contribution in [3.8, 4) is 11.6 Å². The number of halogens is 2. The number of phenolic OH excluding ortho intramolecular Hbond substituents is 1. The van der Waals surface area contributed by atoms with Crippen molar-refractivity contribution in [2.24, 2.45) is 0 Å². The molecule has 6 aliphatic heterocycles. The number of carbonyl (C=O) groups is 1. The van der Waals surface area contributed by atoms with Crippen LogP contribution in [-0.2, 0) is 17.8 Å². The number of likely N-dealkylation sites (N-methyl/N-ethyl adjacent to an activating group) is 1. The fraction of sp³-hybridized carbons (Fsp3) is 0.543. The third kappa shape index (κ3) is 4.18. The fourth-order valence-corrected chi connectivity index (χ4v) is 9.95. The molecule has 5 atom stereocenters. The molecule has 9 rings (SSSR count). The van der Waals surface area contributed by atoms with E-state index >= 15 is 0 Å². The van der Waals surface area contributed by atoms with Gasteiger partial charge < -0.3 is 29.9 Å². The van der Waals surface area contributed by atoms with Gasteiger partial charge in [-0.2, -0.15) is 0 Å². The molecule has 46 heavy (non-hydrogen) atoms. The quantitative estimate of drug-likeness (QED) is 0.410. The van der Waals surface area contributed by atoms with Gasteiger partial charge in [0.15, 0.2) is 0 Å². The molecule has 0 spiro atoms. The summed E-state index contributed by atoms with van der Waals surface area (Å²) in [7, 11) is 1.87. The molecule has 7 heterocycles. The molecule has 1 aromatic heterocycles. The monoisotopic (exact) mass is 646 g/mol. The van der Waals surface area contributed by atoms with Crippen molar-refractivity contribution >= 4 is 45.3 Å². The molecule has 0 aliphatic carbocycles. The maximum absolute atomic E-state index is 14.0. The van der Waals surface area contributed by atoms with E-state index in [9.17, 15) is 14.3 Å². The Kier molecular flexibility index (Phi) is 6.64. The van der Waals surface area contributed by atoms with E-state index in [1.54, 1.807) is 17.0 Å². The second-order valence-corrected chi connectivity index (χ2v) is 14.6. The van der Waals surface area contributed by atoms with Crippen LogP contribution in [0.4, 0.5) is 21.5 Å². The zero-order valence-corrected chi connectivity index (χ0v) is 26.9. The van der Waals surface area contributed by atoms with Crippen molar-refractivity contribution in [3.63, 3.8) is 0 Å². The highest BCUT2D eigenvalue weighted by molar-refractivity contribution is 6.36. The third-order valence-electron chi connectivity index (χ3n) is 11.8. The lowest BCUT2D eigenvalue weighted by Crippen LogP contribution is -2.66. The molecule has 2 aromatic carbocycles.